The number of likely N-dealkylation sites (tertiary alicyclic amines) is 1. The fraction of sp³-hybridized carbons (Fsp3) is 0.619. The van der Waals surface area contributed by atoms with E-state index >= 15 is 0 Å². The molecule has 1 aromatic rings. The van der Waals surface area contributed by atoms with Gasteiger partial charge in [0.15, 0.2) is 0 Å². The maximum atomic E-state index is 12.7. The zero-order chi connectivity index (χ0) is 19.5. The minimum Gasteiger partial charge on any atom is -0.379 e. The Morgan fingerprint density at radius 2 is 1.79 bits per heavy atom. The molecule has 2 aliphatic heterocycles. The van der Waals surface area contributed by atoms with Crippen LogP contribution in [0.4, 0.5) is 10.5 Å². The molecule has 1 saturated carbocycles. The highest BCUT2D eigenvalue weighted by molar-refractivity contribution is 5.94. The molecule has 3 aliphatic rings. The first-order valence-corrected chi connectivity index (χ1v) is 10.4. The molecule has 7 heteroatoms. The monoisotopic (exact) mass is 386 g/mol. The van der Waals surface area contributed by atoms with E-state index in [4.69, 9.17) is 4.74 Å². The summed E-state index contributed by atoms with van der Waals surface area (Å²) in [5, 5.41) is 6.05. The van der Waals surface area contributed by atoms with Crippen LogP contribution in [0.15, 0.2) is 24.3 Å². The average molecular weight is 386 g/mol. The molecule has 0 aromatic heterocycles. The van der Waals surface area contributed by atoms with Crippen molar-refractivity contribution in [1.82, 2.24) is 15.1 Å². The van der Waals surface area contributed by atoms with Crippen molar-refractivity contribution in [3.63, 3.8) is 0 Å². The van der Waals surface area contributed by atoms with E-state index in [2.05, 4.69) is 15.5 Å². The molecule has 4 rings (SSSR count). The first-order valence-electron chi connectivity index (χ1n) is 10.4. The second kappa shape index (κ2) is 8.49. The molecule has 7 nitrogen and oxygen atoms in total. The van der Waals surface area contributed by atoms with Gasteiger partial charge in [0, 0.05) is 43.8 Å². The zero-order valence-corrected chi connectivity index (χ0v) is 16.5. The Morgan fingerprint density at radius 1 is 1.07 bits per heavy atom. The SMILES string of the molecule is CC(NC(=O)N1CCC(N2CCOCC2)C1)c1ccc(NC(=O)C2CC2)cc1. The number of hydrogen-bond donors (Lipinski definition) is 2. The Bertz CT molecular complexity index is 698. The van der Waals surface area contributed by atoms with Crippen molar-refractivity contribution in [1.29, 1.82) is 0 Å². The van der Waals surface area contributed by atoms with Crippen molar-refractivity contribution in [2.75, 3.05) is 44.7 Å². The van der Waals surface area contributed by atoms with Crippen LogP contribution in [-0.4, -0.2) is 67.2 Å². The van der Waals surface area contributed by atoms with Crippen LogP contribution in [0.3, 0.4) is 0 Å². The van der Waals surface area contributed by atoms with Crippen LogP contribution < -0.4 is 10.6 Å². The Morgan fingerprint density at radius 3 is 2.46 bits per heavy atom. The summed E-state index contributed by atoms with van der Waals surface area (Å²) in [5.41, 5.74) is 1.84. The molecule has 1 aliphatic carbocycles. The van der Waals surface area contributed by atoms with E-state index in [1.54, 1.807) is 0 Å². The van der Waals surface area contributed by atoms with Crippen LogP contribution in [0.25, 0.3) is 0 Å². The van der Waals surface area contributed by atoms with Crippen LogP contribution >= 0.6 is 0 Å². The summed E-state index contributed by atoms with van der Waals surface area (Å²) >= 11 is 0. The summed E-state index contributed by atoms with van der Waals surface area (Å²) in [4.78, 5) is 28.9. The first kappa shape index (κ1) is 19.2. The number of amides is 3. The lowest BCUT2D eigenvalue weighted by atomic mass is 10.1. The van der Waals surface area contributed by atoms with Crippen molar-refractivity contribution in [2.45, 2.75) is 38.3 Å². The fourth-order valence-corrected chi connectivity index (χ4v) is 3.97. The zero-order valence-electron chi connectivity index (χ0n) is 16.5. The molecule has 0 radical (unpaired) electrons. The molecule has 28 heavy (non-hydrogen) atoms. The highest BCUT2D eigenvalue weighted by atomic mass is 16.5. The topological polar surface area (TPSA) is 73.9 Å². The van der Waals surface area contributed by atoms with Crippen molar-refractivity contribution in [3.8, 4) is 0 Å². The van der Waals surface area contributed by atoms with Crippen LogP contribution in [0.1, 0.15) is 37.8 Å². The van der Waals surface area contributed by atoms with E-state index in [9.17, 15) is 9.59 Å². The molecular formula is C21H30N4O3. The van der Waals surface area contributed by atoms with Gasteiger partial charge in [-0.1, -0.05) is 12.1 Å². The third-order valence-electron chi connectivity index (χ3n) is 5.98. The molecule has 3 fully saturated rings. The number of benzene rings is 1. The Hall–Kier alpha value is -2.12. The number of hydrogen-bond acceptors (Lipinski definition) is 4. The number of morpholine rings is 1. The van der Waals surface area contributed by atoms with Crippen LogP contribution in [-0.2, 0) is 9.53 Å². The minimum absolute atomic E-state index is 0.00521. The maximum absolute atomic E-state index is 12.7. The summed E-state index contributed by atoms with van der Waals surface area (Å²) in [7, 11) is 0. The van der Waals surface area contributed by atoms with E-state index < -0.39 is 0 Å². The number of carbonyl (C=O) groups is 2. The standard InChI is InChI=1S/C21H30N4O3/c1-15(16-4-6-18(7-5-16)23-20(26)17-2-3-17)22-21(27)25-9-8-19(14-25)24-10-12-28-13-11-24/h4-7,15,17,19H,2-3,8-14H2,1H3,(H,22,27)(H,23,26). The Balaban J connectivity index is 1.26. The Kier molecular flexibility index (Phi) is 5.82. The maximum Gasteiger partial charge on any atom is 0.317 e. The number of urea groups is 1. The minimum atomic E-state index is -0.0804. The number of anilines is 1. The second-order valence-corrected chi connectivity index (χ2v) is 8.09. The molecular weight excluding hydrogens is 356 g/mol. The van der Waals surface area contributed by atoms with Gasteiger partial charge < -0.3 is 20.3 Å². The molecule has 0 spiro atoms. The Labute approximate surface area is 166 Å². The van der Waals surface area contributed by atoms with E-state index in [1.165, 1.54) is 0 Å². The van der Waals surface area contributed by atoms with Gasteiger partial charge in [-0.05, 0) is 43.9 Å². The fourth-order valence-electron chi connectivity index (χ4n) is 3.97. The van der Waals surface area contributed by atoms with Gasteiger partial charge in [0.1, 0.15) is 0 Å². The normalized spacial score (nSPS) is 24.0. The molecule has 3 amide bonds. The number of carbonyl (C=O) groups excluding carboxylic acids is 2. The highest BCUT2D eigenvalue weighted by Gasteiger charge is 2.32. The van der Waals surface area contributed by atoms with Crippen molar-refractivity contribution in [3.05, 3.63) is 29.8 Å². The van der Waals surface area contributed by atoms with Gasteiger partial charge in [-0.2, -0.15) is 0 Å². The van der Waals surface area contributed by atoms with Gasteiger partial charge in [-0.25, -0.2) is 4.79 Å². The third-order valence-corrected chi connectivity index (χ3v) is 5.98. The van der Waals surface area contributed by atoms with E-state index in [-0.39, 0.29) is 23.9 Å². The average Bonchev–Trinajstić information content (AvgIpc) is 3.45. The van der Waals surface area contributed by atoms with Gasteiger partial charge in [0.2, 0.25) is 5.91 Å². The largest absolute Gasteiger partial charge is 0.379 e. The summed E-state index contributed by atoms with van der Waals surface area (Å²) < 4.78 is 5.42. The molecule has 2 N–H and O–H groups in total. The van der Waals surface area contributed by atoms with E-state index in [0.717, 1.165) is 69.9 Å². The smallest absolute Gasteiger partial charge is 0.317 e. The lowest BCUT2D eigenvalue weighted by Gasteiger charge is -2.32. The van der Waals surface area contributed by atoms with Crippen molar-refractivity contribution in [2.24, 2.45) is 5.92 Å². The summed E-state index contributed by atoms with van der Waals surface area (Å²) in [6, 6.07) is 8.10. The number of ether oxygens (including phenoxy) is 1. The molecule has 2 saturated heterocycles. The summed E-state index contributed by atoms with van der Waals surface area (Å²) in [6.45, 7) is 7.07. The van der Waals surface area contributed by atoms with E-state index in [0.29, 0.717) is 6.04 Å². The van der Waals surface area contributed by atoms with Gasteiger partial charge >= 0.3 is 6.03 Å². The van der Waals surface area contributed by atoms with Gasteiger partial charge in [-0.15, -0.1) is 0 Å². The molecule has 0 bridgehead atoms. The van der Waals surface area contributed by atoms with Gasteiger partial charge in [-0.3, -0.25) is 9.69 Å². The van der Waals surface area contributed by atoms with Crippen LogP contribution in [0, 0.1) is 5.92 Å². The number of rotatable bonds is 5. The van der Waals surface area contributed by atoms with Gasteiger partial charge in [0.05, 0.1) is 19.3 Å². The predicted octanol–water partition coefficient (Wildman–Crippen LogP) is 2.21. The second-order valence-electron chi connectivity index (χ2n) is 8.09. The van der Waals surface area contributed by atoms with Crippen LogP contribution in [0.5, 0.6) is 0 Å². The molecule has 2 heterocycles. The van der Waals surface area contributed by atoms with Gasteiger partial charge in [0.25, 0.3) is 0 Å². The third kappa shape index (κ3) is 4.64. The lowest BCUT2D eigenvalue weighted by Crippen LogP contribution is -2.46. The van der Waals surface area contributed by atoms with E-state index in [1.807, 2.05) is 36.1 Å². The molecule has 2 atom stereocenters. The summed E-state index contributed by atoms with van der Waals surface area (Å²) in [5.74, 6) is 0.303. The summed E-state index contributed by atoms with van der Waals surface area (Å²) in [6.07, 6.45) is 3.02. The molecule has 2 unspecified atom stereocenters. The molecule has 152 valence electrons. The number of nitrogens with zero attached hydrogens (tertiary/aromatic N) is 2. The van der Waals surface area contributed by atoms with Crippen LogP contribution in [0.2, 0.25) is 0 Å². The molecule has 1 aromatic carbocycles. The quantitative estimate of drug-likeness (QED) is 0.814. The predicted molar refractivity (Wildman–Crippen MR) is 107 cm³/mol. The van der Waals surface area contributed by atoms with Crippen molar-refractivity contribution >= 4 is 17.6 Å². The van der Waals surface area contributed by atoms with Crippen molar-refractivity contribution < 1.29 is 14.3 Å². The lowest BCUT2D eigenvalue weighted by molar-refractivity contribution is -0.117. The first-order chi connectivity index (χ1) is 13.6. The highest BCUT2D eigenvalue weighted by Crippen LogP contribution is 2.30. The number of nitrogens with one attached hydrogen (secondary N) is 2.